The van der Waals surface area contributed by atoms with Gasteiger partial charge in [-0.25, -0.2) is 8.42 Å². The maximum Gasteiger partial charge on any atom is 0.264 e. The number of nitrogens with zero attached hydrogens (tertiary/aromatic N) is 3. The van der Waals surface area contributed by atoms with E-state index in [-0.39, 0.29) is 11.4 Å². The molecular weight excluding hydrogens is 368 g/mol. The summed E-state index contributed by atoms with van der Waals surface area (Å²) >= 11 is 0. The number of sulfonamides is 1. The van der Waals surface area contributed by atoms with Gasteiger partial charge in [-0.3, -0.25) is 0 Å². The summed E-state index contributed by atoms with van der Waals surface area (Å²) in [6, 6.07) is 3.48. The van der Waals surface area contributed by atoms with E-state index in [9.17, 15) is 8.42 Å². The molecule has 4 rings (SSSR count). The highest BCUT2D eigenvalue weighted by Crippen LogP contribution is 2.37. The average Bonchev–Trinajstić information content (AvgIpc) is 3.27. The van der Waals surface area contributed by atoms with Crippen LogP contribution in [0.2, 0.25) is 0 Å². The molecule has 1 aliphatic rings. The van der Waals surface area contributed by atoms with Gasteiger partial charge in [0.15, 0.2) is 0 Å². The second-order valence-corrected chi connectivity index (χ2v) is 8.97. The Morgan fingerprint density at radius 1 is 1.30 bits per heavy atom. The number of aryl methyl sites for hydroxylation is 1. The SMILES string of the molecule is Cc1[nH]c(-c2nnc(C3CCC3)o2)c(C)c1S(=O)(=O)N(C)Cc1ccco1. The summed E-state index contributed by atoms with van der Waals surface area (Å²) in [6.07, 6.45) is 4.81. The van der Waals surface area contributed by atoms with E-state index in [1.54, 1.807) is 26.0 Å². The average molecular weight is 390 g/mol. The van der Waals surface area contributed by atoms with Gasteiger partial charge in [-0.2, -0.15) is 4.31 Å². The molecular formula is C18H22N4O4S. The predicted molar refractivity (Wildman–Crippen MR) is 97.5 cm³/mol. The zero-order valence-electron chi connectivity index (χ0n) is 15.5. The first-order valence-corrected chi connectivity index (χ1v) is 10.3. The summed E-state index contributed by atoms with van der Waals surface area (Å²) in [6.45, 7) is 3.63. The first-order chi connectivity index (χ1) is 12.9. The van der Waals surface area contributed by atoms with E-state index >= 15 is 0 Å². The van der Waals surface area contributed by atoms with Crippen molar-refractivity contribution in [1.29, 1.82) is 0 Å². The van der Waals surface area contributed by atoms with Crippen molar-refractivity contribution in [3.8, 4) is 11.6 Å². The topological polar surface area (TPSA) is 105 Å². The van der Waals surface area contributed by atoms with E-state index in [1.165, 1.54) is 24.0 Å². The molecule has 3 aromatic heterocycles. The van der Waals surface area contributed by atoms with Crippen LogP contribution in [0.15, 0.2) is 32.1 Å². The van der Waals surface area contributed by atoms with Gasteiger partial charge in [-0.05, 0) is 44.4 Å². The van der Waals surface area contributed by atoms with E-state index in [2.05, 4.69) is 15.2 Å². The molecule has 3 heterocycles. The van der Waals surface area contributed by atoms with E-state index in [0.717, 1.165) is 12.8 Å². The lowest BCUT2D eigenvalue weighted by Crippen LogP contribution is -2.27. The van der Waals surface area contributed by atoms with Crippen LogP contribution in [0.4, 0.5) is 0 Å². The van der Waals surface area contributed by atoms with Crippen LogP contribution < -0.4 is 0 Å². The Morgan fingerprint density at radius 2 is 2.07 bits per heavy atom. The first-order valence-electron chi connectivity index (χ1n) is 8.89. The molecule has 0 unspecified atom stereocenters. The van der Waals surface area contributed by atoms with Gasteiger partial charge < -0.3 is 13.8 Å². The fraction of sp³-hybridized carbons (Fsp3) is 0.444. The standard InChI is InChI=1S/C18H22N4O4S/c1-11-15(18-21-20-17(26-18)13-6-4-7-13)19-12(2)16(11)27(23,24)22(3)10-14-8-5-9-25-14/h5,8-9,13,19H,4,6-7,10H2,1-3H3. The lowest BCUT2D eigenvalue weighted by molar-refractivity contribution is 0.338. The summed E-state index contributed by atoms with van der Waals surface area (Å²) in [5.41, 5.74) is 1.66. The summed E-state index contributed by atoms with van der Waals surface area (Å²) in [4.78, 5) is 3.34. The molecule has 1 fully saturated rings. The Morgan fingerprint density at radius 3 is 2.70 bits per heavy atom. The number of nitrogens with one attached hydrogen (secondary N) is 1. The van der Waals surface area contributed by atoms with Gasteiger partial charge in [0, 0.05) is 18.7 Å². The van der Waals surface area contributed by atoms with Gasteiger partial charge in [0.25, 0.3) is 5.89 Å². The molecule has 0 radical (unpaired) electrons. The fourth-order valence-electron chi connectivity index (χ4n) is 3.35. The smallest absolute Gasteiger partial charge is 0.264 e. The van der Waals surface area contributed by atoms with E-state index in [4.69, 9.17) is 8.83 Å². The number of hydrogen-bond donors (Lipinski definition) is 1. The van der Waals surface area contributed by atoms with Crippen molar-refractivity contribution in [3.63, 3.8) is 0 Å². The number of aromatic amines is 1. The van der Waals surface area contributed by atoms with Crippen molar-refractivity contribution in [2.45, 2.75) is 50.5 Å². The summed E-state index contributed by atoms with van der Waals surface area (Å²) in [7, 11) is -2.18. The minimum absolute atomic E-state index is 0.154. The highest BCUT2D eigenvalue weighted by Gasteiger charge is 2.31. The second kappa shape index (κ2) is 6.65. The van der Waals surface area contributed by atoms with Crippen molar-refractivity contribution >= 4 is 10.0 Å². The second-order valence-electron chi connectivity index (χ2n) is 6.99. The van der Waals surface area contributed by atoms with Crippen molar-refractivity contribution in [2.75, 3.05) is 7.05 Å². The lowest BCUT2D eigenvalue weighted by atomic mass is 9.85. The van der Waals surface area contributed by atoms with Crippen molar-refractivity contribution in [1.82, 2.24) is 19.5 Å². The highest BCUT2D eigenvalue weighted by molar-refractivity contribution is 7.89. The Bertz CT molecular complexity index is 1050. The molecule has 1 saturated carbocycles. The molecule has 27 heavy (non-hydrogen) atoms. The minimum Gasteiger partial charge on any atom is -0.468 e. The van der Waals surface area contributed by atoms with Crippen LogP contribution in [-0.4, -0.2) is 35.0 Å². The molecule has 0 aliphatic heterocycles. The number of furan rings is 1. The van der Waals surface area contributed by atoms with Crippen LogP contribution in [0.25, 0.3) is 11.6 Å². The molecule has 0 spiro atoms. The molecule has 144 valence electrons. The maximum absolute atomic E-state index is 13.1. The minimum atomic E-state index is -3.71. The van der Waals surface area contributed by atoms with Gasteiger partial charge in [0.05, 0.1) is 12.8 Å². The zero-order chi connectivity index (χ0) is 19.2. The molecule has 0 atom stereocenters. The van der Waals surface area contributed by atoms with Crippen molar-refractivity contribution in [3.05, 3.63) is 41.3 Å². The molecule has 0 aromatic carbocycles. The summed E-state index contributed by atoms with van der Waals surface area (Å²) < 4.78 is 38.6. The summed E-state index contributed by atoms with van der Waals surface area (Å²) in [5.74, 6) is 1.86. The van der Waals surface area contributed by atoms with Gasteiger partial charge >= 0.3 is 0 Å². The van der Waals surface area contributed by atoms with Crippen molar-refractivity contribution in [2.24, 2.45) is 0 Å². The zero-order valence-corrected chi connectivity index (χ0v) is 16.3. The third-order valence-corrected chi connectivity index (χ3v) is 7.18. The van der Waals surface area contributed by atoms with Gasteiger partial charge in [-0.1, -0.05) is 6.42 Å². The van der Waals surface area contributed by atoms with E-state index < -0.39 is 10.0 Å². The van der Waals surface area contributed by atoms with Gasteiger partial charge in [0.1, 0.15) is 16.3 Å². The summed E-state index contributed by atoms with van der Waals surface area (Å²) in [5, 5.41) is 8.25. The quantitative estimate of drug-likeness (QED) is 0.692. The third-order valence-electron chi connectivity index (χ3n) is 5.10. The predicted octanol–water partition coefficient (Wildman–Crippen LogP) is 3.36. The van der Waals surface area contributed by atoms with Crippen molar-refractivity contribution < 1.29 is 17.3 Å². The van der Waals surface area contributed by atoms with Crippen LogP contribution in [0.1, 0.15) is 48.1 Å². The Hall–Kier alpha value is -2.39. The molecule has 0 bridgehead atoms. The van der Waals surface area contributed by atoms with E-state index in [1.807, 2.05) is 0 Å². The van der Waals surface area contributed by atoms with Crippen LogP contribution in [0.5, 0.6) is 0 Å². The monoisotopic (exact) mass is 390 g/mol. The fourth-order valence-corrected chi connectivity index (χ4v) is 4.89. The van der Waals surface area contributed by atoms with Crippen LogP contribution >= 0.6 is 0 Å². The normalized spacial score (nSPS) is 15.4. The van der Waals surface area contributed by atoms with Gasteiger partial charge in [-0.15, -0.1) is 10.2 Å². The first kappa shape index (κ1) is 18.0. The molecule has 1 N–H and O–H groups in total. The lowest BCUT2D eigenvalue weighted by Gasteiger charge is -2.20. The molecule has 0 saturated heterocycles. The number of H-pyrrole nitrogens is 1. The maximum atomic E-state index is 13.1. The number of aromatic nitrogens is 3. The molecule has 1 aliphatic carbocycles. The molecule has 0 amide bonds. The van der Waals surface area contributed by atoms with E-state index in [0.29, 0.717) is 40.4 Å². The van der Waals surface area contributed by atoms with Crippen LogP contribution in [0, 0.1) is 13.8 Å². The molecule has 3 aromatic rings. The molecule has 9 heteroatoms. The largest absolute Gasteiger partial charge is 0.468 e. The Balaban J connectivity index is 1.66. The van der Waals surface area contributed by atoms with Crippen LogP contribution in [-0.2, 0) is 16.6 Å². The number of hydrogen-bond acceptors (Lipinski definition) is 6. The molecule has 8 nitrogen and oxygen atoms in total. The Kier molecular flexibility index (Phi) is 4.43. The van der Waals surface area contributed by atoms with Crippen LogP contribution in [0.3, 0.4) is 0 Å². The number of rotatable bonds is 6. The Labute approximate surface area is 157 Å². The third kappa shape index (κ3) is 3.10. The van der Waals surface area contributed by atoms with Gasteiger partial charge in [0.2, 0.25) is 15.9 Å². The highest BCUT2D eigenvalue weighted by atomic mass is 32.2.